The van der Waals surface area contributed by atoms with Crippen LogP contribution in [0.4, 0.5) is 11.4 Å². The molecule has 30 heavy (non-hydrogen) atoms. The third kappa shape index (κ3) is 3.77. The summed E-state index contributed by atoms with van der Waals surface area (Å²) in [6, 6.07) is 11.7. The molecule has 0 atom stereocenters. The lowest BCUT2D eigenvalue weighted by Crippen LogP contribution is -2.01. The number of non-ortho nitro benzene ring substituents is 2. The van der Waals surface area contributed by atoms with Crippen molar-refractivity contribution in [3.05, 3.63) is 81.2 Å². The second-order valence-corrected chi connectivity index (χ2v) is 5.94. The van der Waals surface area contributed by atoms with Crippen LogP contribution in [0.25, 0.3) is 34.2 Å². The fourth-order valence-corrected chi connectivity index (χ4v) is 2.58. The highest BCUT2D eigenvalue weighted by Gasteiger charge is 2.13. The predicted molar refractivity (Wildman–Crippen MR) is 103 cm³/mol. The molecule has 0 N–H and O–H groups in total. The average molecular weight is 402 g/mol. The summed E-state index contributed by atoms with van der Waals surface area (Å²) in [5.41, 5.74) is 2.00. The van der Waals surface area contributed by atoms with E-state index < -0.39 is 9.85 Å². The van der Waals surface area contributed by atoms with Crippen molar-refractivity contribution in [3.63, 3.8) is 0 Å². The summed E-state index contributed by atoms with van der Waals surface area (Å²) in [6.45, 7) is 0. The van der Waals surface area contributed by atoms with Gasteiger partial charge in [-0.25, -0.2) is 9.97 Å². The van der Waals surface area contributed by atoms with Crippen LogP contribution < -0.4 is 0 Å². The summed E-state index contributed by atoms with van der Waals surface area (Å²) in [5, 5.41) is 37.3. The van der Waals surface area contributed by atoms with Crippen molar-refractivity contribution in [1.29, 1.82) is 0 Å². The van der Waals surface area contributed by atoms with Gasteiger partial charge in [-0.1, -0.05) is 0 Å². The molecule has 4 rings (SSSR count). The van der Waals surface area contributed by atoms with Crippen molar-refractivity contribution in [2.75, 3.05) is 0 Å². The molecule has 12 nitrogen and oxygen atoms in total. The maximum Gasteiger partial charge on any atom is 0.269 e. The van der Waals surface area contributed by atoms with E-state index in [1.165, 1.54) is 36.7 Å². The van der Waals surface area contributed by atoms with Crippen LogP contribution >= 0.6 is 0 Å². The van der Waals surface area contributed by atoms with E-state index in [9.17, 15) is 20.2 Å². The van der Waals surface area contributed by atoms with Gasteiger partial charge in [0.25, 0.3) is 11.4 Å². The van der Waals surface area contributed by atoms with Gasteiger partial charge in [0.15, 0.2) is 0 Å². The summed E-state index contributed by atoms with van der Waals surface area (Å²) in [4.78, 5) is 29.3. The van der Waals surface area contributed by atoms with Gasteiger partial charge in [-0.3, -0.25) is 20.2 Å². The van der Waals surface area contributed by atoms with Crippen LogP contribution in [0.1, 0.15) is 0 Å². The highest BCUT2D eigenvalue weighted by Crippen LogP contribution is 2.23. The Kier molecular flexibility index (Phi) is 4.78. The van der Waals surface area contributed by atoms with E-state index >= 15 is 0 Å². The average Bonchev–Trinajstić information content (AvgIpc) is 2.79. The quantitative estimate of drug-likeness (QED) is 0.358. The second kappa shape index (κ2) is 7.71. The lowest BCUT2D eigenvalue weighted by Gasteiger charge is -2.04. The first-order chi connectivity index (χ1) is 14.5. The van der Waals surface area contributed by atoms with Crippen molar-refractivity contribution in [1.82, 2.24) is 30.4 Å². The largest absolute Gasteiger partial charge is 0.269 e. The zero-order valence-electron chi connectivity index (χ0n) is 15.0. The Balaban J connectivity index is 1.66. The molecular weight excluding hydrogens is 392 g/mol. The van der Waals surface area contributed by atoms with E-state index in [1.807, 2.05) is 0 Å². The molecule has 2 aromatic carbocycles. The number of aromatic nitrogens is 6. The molecule has 0 aliphatic rings. The van der Waals surface area contributed by atoms with E-state index in [0.717, 1.165) is 0 Å². The van der Waals surface area contributed by atoms with E-state index in [1.54, 1.807) is 24.3 Å². The lowest BCUT2D eigenvalue weighted by atomic mass is 10.1. The zero-order valence-corrected chi connectivity index (χ0v) is 15.0. The van der Waals surface area contributed by atoms with Crippen LogP contribution in [-0.2, 0) is 0 Å². The van der Waals surface area contributed by atoms with Gasteiger partial charge in [-0.2, -0.15) is 10.2 Å². The maximum atomic E-state index is 10.8. The third-order valence-corrected chi connectivity index (χ3v) is 4.07. The minimum atomic E-state index is -0.489. The highest BCUT2D eigenvalue weighted by molar-refractivity contribution is 5.64. The number of hydrogen-bond acceptors (Lipinski definition) is 10. The van der Waals surface area contributed by atoms with Crippen molar-refractivity contribution in [2.45, 2.75) is 0 Å². The van der Waals surface area contributed by atoms with E-state index in [-0.39, 0.29) is 23.0 Å². The Morgan fingerprint density at radius 3 is 1.30 bits per heavy atom. The highest BCUT2D eigenvalue weighted by atomic mass is 16.6. The van der Waals surface area contributed by atoms with Gasteiger partial charge in [0.1, 0.15) is 0 Å². The molecule has 0 bridgehead atoms. The van der Waals surface area contributed by atoms with E-state index in [4.69, 9.17) is 0 Å². The first-order valence-electron chi connectivity index (χ1n) is 8.41. The van der Waals surface area contributed by atoms with Crippen LogP contribution in [0.5, 0.6) is 0 Å². The molecule has 12 heteroatoms. The number of rotatable bonds is 5. The number of nitro groups is 2. The summed E-state index contributed by atoms with van der Waals surface area (Å²) in [5.74, 6) is 0.226. The van der Waals surface area contributed by atoms with Gasteiger partial charge in [-0.15, -0.1) is 10.2 Å². The monoisotopic (exact) mass is 402 g/mol. The van der Waals surface area contributed by atoms with Crippen LogP contribution in [0.15, 0.2) is 60.9 Å². The molecule has 0 amide bonds. The molecule has 4 aromatic rings. The number of hydrogen-bond donors (Lipinski definition) is 0. The summed E-state index contributed by atoms with van der Waals surface area (Å²) in [7, 11) is 0. The molecule has 0 aliphatic carbocycles. The first kappa shape index (κ1) is 18.6. The second-order valence-electron chi connectivity index (χ2n) is 5.94. The minimum Gasteiger partial charge on any atom is -0.258 e. The molecule has 2 heterocycles. The van der Waals surface area contributed by atoms with Crippen LogP contribution in [0.3, 0.4) is 0 Å². The van der Waals surface area contributed by atoms with Crippen molar-refractivity contribution in [2.24, 2.45) is 0 Å². The van der Waals surface area contributed by atoms with Gasteiger partial charge in [0, 0.05) is 35.4 Å². The molecule has 0 unspecified atom stereocenters. The summed E-state index contributed by atoms with van der Waals surface area (Å²) < 4.78 is 0. The fourth-order valence-electron chi connectivity index (χ4n) is 2.58. The lowest BCUT2D eigenvalue weighted by molar-refractivity contribution is -0.385. The van der Waals surface area contributed by atoms with Gasteiger partial charge < -0.3 is 0 Å². The maximum absolute atomic E-state index is 10.8. The topological polar surface area (TPSA) is 164 Å². The molecule has 0 saturated heterocycles. The van der Waals surface area contributed by atoms with Crippen molar-refractivity contribution in [3.8, 4) is 34.2 Å². The summed E-state index contributed by atoms with van der Waals surface area (Å²) >= 11 is 0. The Morgan fingerprint density at radius 1 is 0.600 bits per heavy atom. The first-order valence-corrected chi connectivity index (χ1v) is 8.41. The van der Waals surface area contributed by atoms with Crippen molar-refractivity contribution < 1.29 is 9.85 Å². The third-order valence-electron chi connectivity index (χ3n) is 4.07. The molecule has 2 aromatic heterocycles. The number of nitro benzene ring substituents is 2. The Hall–Kier alpha value is -4.74. The molecule has 0 radical (unpaired) electrons. The number of nitrogens with zero attached hydrogens (tertiary/aromatic N) is 8. The molecular formula is C18H10N8O4. The molecule has 0 aliphatic heterocycles. The minimum absolute atomic E-state index is 0.0377. The molecule has 146 valence electrons. The van der Waals surface area contributed by atoms with Crippen LogP contribution in [-0.4, -0.2) is 40.2 Å². The number of benzene rings is 2. The Morgan fingerprint density at radius 2 is 0.967 bits per heavy atom. The van der Waals surface area contributed by atoms with Crippen LogP contribution in [0, 0.1) is 20.2 Å². The fraction of sp³-hybridized carbons (Fsp3) is 0. The molecule has 0 fully saturated rings. The van der Waals surface area contributed by atoms with Gasteiger partial charge in [0.2, 0.25) is 11.6 Å². The predicted octanol–water partition coefficient (Wildman–Crippen LogP) is 2.87. The van der Waals surface area contributed by atoms with E-state index in [0.29, 0.717) is 22.5 Å². The van der Waals surface area contributed by atoms with Gasteiger partial charge >= 0.3 is 0 Å². The molecule has 0 spiro atoms. The summed E-state index contributed by atoms with van der Waals surface area (Å²) in [6.07, 6.45) is 2.83. The van der Waals surface area contributed by atoms with Crippen molar-refractivity contribution >= 4 is 11.4 Å². The smallest absolute Gasteiger partial charge is 0.258 e. The standard InChI is InChI=1S/C18H10N8O4/c27-25(28)13-5-1-11(2-6-13)15-9-19-23-17(21-15)18-22-16(10-20-24-18)12-3-7-14(8-4-12)26(29)30/h1-10H. The normalized spacial score (nSPS) is 10.5. The van der Waals surface area contributed by atoms with Gasteiger partial charge in [0.05, 0.1) is 33.6 Å². The Bertz CT molecular complexity index is 1150. The molecule has 0 saturated carbocycles. The van der Waals surface area contributed by atoms with Gasteiger partial charge in [-0.05, 0) is 24.3 Å². The van der Waals surface area contributed by atoms with E-state index in [2.05, 4.69) is 30.4 Å². The SMILES string of the molecule is O=[N+]([O-])c1ccc(-c2cnnc(-c3nncc(-c4ccc([N+](=O)[O-])cc4)n3)n2)cc1. The Labute approximate surface area is 167 Å². The van der Waals surface area contributed by atoms with Crippen LogP contribution in [0.2, 0.25) is 0 Å². The zero-order chi connectivity index (χ0) is 21.1.